The first kappa shape index (κ1) is 16.0. The van der Waals surface area contributed by atoms with E-state index in [9.17, 15) is 0 Å². The predicted molar refractivity (Wildman–Crippen MR) is 97.3 cm³/mol. The highest BCUT2D eigenvalue weighted by molar-refractivity contribution is 7.99. The maximum Gasteiger partial charge on any atom is 0.107 e. The zero-order valence-corrected chi connectivity index (χ0v) is 14.5. The molecule has 20 heavy (non-hydrogen) atoms. The Morgan fingerprint density at radius 3 is 2.85 bits per heavy atom. The van der Waals surface area contributed by atoms with Gasteiger partial charge >= 0.3 is 0 Å². The van der Waals surface area contributed by atoms with E-state index in [-0.39, 0.29) is 0 Å². The van der Waals surface area contributed by atoms with Gasteiger partial charge in [-0.05, 0) is 43.4 Å². The molecule has 5 heteroatoms. The molecule has 2 unspecified atom stereocenters. The van der Waals surface area contributed by atoms with Crippen LogP contribution in [0.15, 0.2) is 23.1 Å². The molecule has 1 aromatic carbocycles. The summed E-state index contributed by atoms with van der Waals surface area (Å²) >= 11 is 9.03. The van der Waals surface area contributed by atoms with Crippen LogP contribution in [0.25, 0.3) is 0 Å². The van der Waals surface area contributed by atoms with Crippen molar-refractivity contribution in [1.82, 2.24) is 0 Å². The van der Waals surface area contributed by atoms with Gasteiger partial charge in [0.1, 0.15) is 4.99 Å². The van der Waals surface area contributed by atoms with Crippen molar-refractivity contribution in [1.29, 1.82) is 0 Å². The molecule has 2 rings (SSSR count). The van der Waals surface area contributed by atoms with Crippen molar-refractivity contribution in [2.75, 3.05) is 17.3 Å². The molecular weight excluding hydrogens is 304 g/mol. The monoisotopic (exact) mass is 326 g/mol. The minimum absolute atomic E-state index is 0.489. The van der Waals surface area contributed by atoms with Crippen LogP contribution in [-0.4, -0.2) is 28.3 Å². The minimum Gasteiger partial charge on any atom is -0.389 e. The van der Waals surface area contributed by atoms with Crippen molar-refractivity contribution in [2.45, 2.75) is 42.4 Å². The molecule has 0 aliphatic heterocycles. The van der Waals surface area contributed by atoms with Gasteiger partial charge in [-0.3, -0.25) is 0 Å². The Bertz CT molecular complexity index is 476. The number of thiocarbonyl (C=S) groups is 1. The molecule has 2 nitrogen and oxygen atoms in total. The molecule has 2 atom stereocenters. The Kier molecular flexibility index (Phi) is 6.05. The number of nitrogens with two attached hydrogens (primary N) is 1. The second-order valence-corrected chi connectivity index (χ2v) is 7.87. The van der Waals surface area contributed by atoms with Gasteiger partial charge in [-0.15, -0.1) is 11.8 Å². The molecule has 0 spiro atoms. The highest BCUT2D eigenvalue weighted by Gasteiger charge is 2.24. The Hall–Kier alpha value is -0.390. The van der Waals surface area contributed by atoms with Crippen LogP contribution in [0.2, 0.25) is 0 Å². The number of nitrogens with one attached hydrogen (secondary N) is 1. The number of benzene rings is 1. The zero-order chi connectivity index (χ0) is 14.5. The first-order chi connectivity index (χ1) is 9.65. The molecule has 1 saturated carbocycles. The average molecular weight is 327 g/mol. The van der Waals surface area contributed by atoms with Gasteiger partial charge < -0.3 is 11.1 Å². The van der Waals surface area contributed by atoms with E-state index in [2.05, 4.69) is 36.7 Å². The van der Waals surface area contributed by atoms with E-state index >= 15 is 0 Å². The van der Waals surface area contributed by atoms with Gasteiger partial charge in [0.05, 0.1) is 0 Å². The quantitative estimate of drug-likeness (QED) is 0.607. The molecule has 0 amide bonds. The van der Waals surface area contributed by atoms with Crippen molar-refractivity contribution >= 4 is 46.4 Å². The number of thioether (sulfide) groups is 2. The van der Waals surface area contributed by atoms with Crippen LogP contribution in [0.4, 0.5) is 5.69 Å². The lowest BCUT2D eigenvalue weighted by atomic mass is 10.1. The van der Waals surface area contributed by atoms with Gasteiger partial charge in [0.25, 0.3) is 0 Å². The Morgan fingerprint density at radius 2 is 2.25 bits per heavy atom. The second kappa shape index (κ2) is 7.57. The van der Waals surface area contributed by atoms with Crippen LogP contribution in [0, 0.1) is 0 Å². The fraction of sp³-hybridized carbons (Fsp3) is 0.533. The van der Waals surface area contributed by atoms with Gasteiger partial charge in [0.15, 0.2) is 0 Å². The van der Waals surface area contributed by atoms with Gasteiger partial charge in [-0.1, -0.05) is 25.2 Å². The molecule has 1 aromatic rings. The van der Waals surface area contributed by atoms with Crippen LogP contribution in [-0.2, 0) is 0 Å². The van der Waals surface area contributed by atoms with Crippen molar-refractivity contribution in [3.8, 4) is 0 Å². The normalized spacial score (nSPS) is 21.9. The third-order valence-electron chi connectivity index (χ3n) is 3.65. The third kappa shape index (κ3) is 3.83. The molecule has 0 saturated heterocycles. The zero-order valence-electron chi connectivity index (χ0n) is 12.0. The maximum atomic E-state index is 5.95. The molecule has 110 valence electrons. The summed E-state index contributed by atoms with van der Waals surface area (Å²) in [7, 11) is 0. The van der Waals surface area contributed by atoms with E-state index in [4.69, 9.17) is 18.0 Å². The summed E-state index contributed by atoms with van der Waals surface area (Å²) in [5.74, 6) is 1.02. The summed E-state index contributed by atoms with van der Waals surface area (Å²) in [6.07, 6.45) is 5.95. The highest BCUT2D eigenvalue weighted by atomic mass is 32.2. The third-order valence-corrected chi connectivity index (χ3v) is 5.89. The van der Waals surface area contributed by atoms with Crippen LogP contribution >= 0.6 is 35.7 Å². The summed E-state index contributed by atoms with van der Waals surface area (Å²) in [4.78, 5) is 1.67. The summed E-state index contributed by atoms with van der Waals surface area (Å²) in [5, 5.41) is 4.45. The smallest absolute Gasteiger partial charge is 0.107 e. The summed E-state index contributed by atoms with van der Waals surface area (Å²) < 4.78 is 0. The summed E-state index contributed by atoms with van der Waals surface area (Å²) in [6.45, 7) is 2.15. The lowest BCUT2D eigenvalue weighted by molar-refractivity contribution is 0.756. The van der Waals surface area contributed by atoms with Gasteiger partial charge in [0.2, 0.25) is 0 Å². The van der Waals surface area contributed by atoms with Crippen molar-refractivity contribution < 1.29 is 0 Å². The van der Waals surface area contributed by atoms with Gasteiger partial charge in [-0.2, -0.15) is 11.8 Å². The number of rotatable bonds is 6. The van der Waals surface area contributed by atoms with Gasteiger partial charge in [0, 0.05) is 27.4 Å². The van der Waals surface area contributed by atoms with Crippen LogP contribution in [0.1, 0.15) is 31.7 Å². The molecule has 0 bridgehead atoms. The lowest BCUT2D eigenvalue weighted by Gasteiger charge is -2.19. The van der Waals surface area contributed by atoms with Crippen molar-refractivity contribution in [2.24, 2.45) is 5.73 Å². The SMILES string of the molecule is CCSc1cccc(NC2CCC(SC)C2)c1C(N)=S. The second-order valence-electron chi connectivity index (χ2n) is 4.99. The maximum absolute atomic E-state index is 5.95. The van der Waals surface area contributed by atoms with E-state index in [1.54, 1.807) is 11.8 Å². The molecule has 1 aliphatic rings. The fourth-order valence-corrected chi connectivity index (χ4v) is 4.62. The Labute approximate surface area is 135 Å². The Morgan fingerprint density at radius 1 is 1.45 bits per heavy atom. The highest BCUT2D eigenvalue weighted by Crippen LogP contribution is 2.33. The van der Waals surface area contributed by atoms with E-state index in [1.165, 1.54) is 24.2 Å². The minimum atomic E-state index is 0.489. The standard InChI is InChI=1S/C15H22N2S3/c1-3-20-13-6-4-5-12(14(13)15(16)18)17-10-7-8-11(9-10)19-2/h4-6,10-11,17H,3,7-9H2,1-2H3,(H2,16,18). The van der Waals surface area contributed by atoms with Crippen LogP contribution < -0.4 is 11.1 Å². The summed E-state index contributed by atoms with van der Waals surface area (Å²) in [5.41, 5.74) is 8.06. The van der Waals surface area contributed by atoms with E-state index in [0.717, 1.165) is 22.3 Å². The predicted octanol–water partition coefficient (Wildman–Crippen LogP) is 4.13. The lowest BCUT2D eigenvalue weighted by Crippen LogP contribution is -2.20. The number of anilines is 1. The molecule has 0 heterocycles. The van der Waals surface area contributed by atoms with Crippen molar-refractivity contribution in [3.05, 3.63) is 23.8 Å². The fourth-order valence-electron chi connectivity index (χ4n) is 2.69. The topological polar surface area (TPSA) is 38.0 Å². The van der Waals surface area contributed by atoms with Gasteiger partial charge in [-0.25, -0.2) is 0 Å². The Balaban J connectivity index is 2.18. The molecule has 0 radical (unpaired) electrons. The molecule has 1 aliphatic carbocycles. The number of hydrogen-bond acceptors (Lipinski definition) is 4. The van der Waals surface area contributed by atoms with Crippen LogP contribution in [0.5, 0.6) is 0 Å². The first-order valence-corrected chi connectivity index (χ1v) is 9.68. The van der Waals surface area contributed by atoms with E-state index < -0.39 is 0 Å². The molecule has 0 aromatic heterocycles. The molecular formula is C15H22N2S3. The summed E-state index contributed by atoms with van der Waals surface area (Å²) in [6, 6.07) is 6.83. The molecule has 3 N–H and O–H groups in total. The first-order valence-electron chi connectivity index (χ1n) is 7.00. The van der Waals surface area contributed by atoms with Crippen LogP contribution in [0.3, 0.4) is 0 Å². The van der Waals surface area contributed by atoms with E-state index in [1.807, 2.05) is 11.8 Å². The molecule has 1 fully saturated rings. The van der Waals surface area contributed by atoms with E-state index in [0.29, 0.717) is 11.0 Å². The largest absolute Gasteiger partial charge is 0.389 e. The average Bonchev–Trinajstić information content (AvgIpc) is 2.86. The van der Waals surface area contributed by atoms with Crippen molar-refractivity contribution in [3.63, 3.8) is 0 Å². The number of hydrogen-bond donors (Lipinski definition) is 2.